The summed E-state index contributed by atoms with van der Waals surface area (Å²) in [6.07, 6.45) is 3.47. The van der Waals surface area contributed by atoms with Crippen molar-refractivity contribution in [2.45, 2.75) is 32.1 Å². The Morgan fingerprint density at radius 1 is 1.24 bits per heavy atom. The topological polar surface area (TPSA) is 59.1 Å². The summed E-state index contributed by atoms with van der Waals surface area (Å²) >= 11 is 0. The van der Waals surface area contributed by atoms with Crippen LogP contribution in [-0.4, -0.2) is 30.9 Å². The van der Waals surface area contributed by atoms with E-state index in [4.69, 9.17) is 0 Å². The number of hydrogen-bond acceptors (Lipinski definition) is 4. The molecule has 0 saturated heterocycles. The largest absolute Gasteiger partial charge is 0.309 e. The zero-order chi connectivity index (χ0) is 12.9. The van der Waals surface area contributed by atoms with Gasteiger partial charge >= 0.3 is 0 Å². The maximum atomic E-state index is 11.6. The number of aromatic nitrogens is 1. The van der Waals surface area contributed by atoms with Gasteiger partial charge in [-0.05, 0) is 38.5 Å². The Morgan fingerprint density at radius 2 is 1.82 bits per heavy atom. The van der Waals surface area contributed by atoms with Crippen molar-refractivity contribution in [2.24, 2.45) is 0 Å². The van der Waals surface area contributed by atoms with E-state index in [0.717, 1.165) is 5.56 Å². The molecular formula is C12H20N2O2S. The van der Waals surface area contributed by atoms with Crippen molar-refractivity contribution in [3.05, 3.63) is 30.1 Å². The summed E-state index contributed by atoms with van der Waals surface area (Å²) in [4.78, 5) is 3.95. The Hall–Kier alpha value is -0.940. The molecule has 1 heterocycles. The molecule has 1 aromatic heterocycles. The van der Waals surface area contributed by atoms with Gasteiger partial charge < -0.3 is 5.32 Å². The van der Waals surface area contributed by atoms with Crippen molar-refractivity contribution in [1.82, 2.24) is 10.3 Å². The number of rotatable bonds is 6. The highest BCUT2D eigenvalue weighted by molar-refractivity contribution is 7.92. The van der Waals surface area contributed by atoms with Gasteiger partial charge in [0.25, 0.3) is 0 Å². The Bertz CT molecular complexity index is 429. The van der Waals surface area contributed by atoms with E-state index in [1.165, 1.54) is 0 Å². The zero-order valence-corrected chi connectivity index (χ0v) is 11.4. The van der Waals surface area contributed by atoms with Crippen molar-refractivity contribution in [3.63, 3.8) is 0 Å². The molecule has 1 atom stereocenters. The summed E-state index contributed by atoms with van der Waals surface area (Å²) in [5.41, 5.74) is 1.11. The molecule has 0 aromatic carbocycles. The lowest BCUT2D eigenvalue weighted by Crippen LogP contribution is -2.29. The molecule has 0 bridgehead atoms. The Balaban J connectivity index is 2.43. The van der Waals surface area contributed by atoms with E-state index in [1.807, 2.05) is 19.1 Å². The molecule has 0 spiro atoms. The molecule has 0 aliphatic carbocycles. The van der Waals surface area contributed by atoms with Gasteiger partial charge in [0.15, 0.2) is 9.84 Å². The fourth-order valence-electron chi connectivity index (χ4n) is 1.42. The maximum Gasteiger partial charge on any atom is 0.153 e. The van der Waals surface area contributed by atoms with Crippen LogP contribution in [0.2, 0.25) is 0 Å². The van der Waals surface area contributed by atoms with Gasteiger partial charge in [0.1, 0.15) is 0 Å². The van der Waals surface area contributed by atoms with E-state index in [1.54, 1.807) is 26.2 Å². The number of nitrogens with one attached hydrogen (secondary N) is 1. The lowest BCUT2D eigenvalue weighted by molar-refractivity contribution is 0.566. The smallest absolute Gasteiger partial charge is 0.153 e. The van der Waals surface area contributed by atoms with Crippen LogP contribution in [0.15, 0.2) is 24.5 Å². The molecule has 0 amide bonds. The van der Waals surface area contributed by atoms with Crippen LogP contribution in [-0.2, 0) is 9.84 Å². The first kappa shape index (κ1) is 14.1. The lowest BCUT2D eigenvalue weighted by Gasteiger charge is -2.14. The second-order valence-electron chi connectivity index (χ2n) is 4.37. The monoisotopic (exact) mass is 256 g/mol. The van der Waals surface area contributed by atoms with Gasteiger partial charge in [0.05, 0.1) is 11.0 Å². The molecule has 0 unspecified atom stereocenters. The molecule has 5 heteroatoms. The van der Waals surface area contributed by atoms with Gasteiger partial charge in [-0.1, -0.05) is 0 Å². The predicted octanol–water partition coefficient (Wildman–Crippen LogP) is 1.56. The van der Waals surface area contributed by atoms with Crippen molar-refractivity contribution < 1.29 is 8.42 Å². The van der Waals surface area contributed by atoms with Crippen LogP contribution in [0.5, 0.6) is 0 Å². The Kier molecular flexibility index (Phi) is 5.08. The van der Waals surface area contributed by atoms with Gasteiger partial charge in [-0.25, -0.2) is 8.42 Å². The number of pyridine rings is 1. The molecular weight excluding hydrogens is 236 g/mol. The molecule has 0 aliphatic rings. The summed E-state index contributed by atoms with van der Waals surface area (Å²) in [5, 5.41) is 2.90. The lowest BCUT2D eigenvalue weighted by atomic mass is 10.1. The summed E-state index contributed by atoms with van der Waals surface area (Å²) < 4.78 is 23.2. The third kappa shape index (κ3) is 4.44. The third-order valence-electron chi connectivity index (χ3n) is 2.76. The molecule has 0 fully saturated rings. The standard InChI is InChI=1S/C12H20N2O2S/c1-10(2)17(15,16)9-8-14-11(3)12-4-6-13-7-5-12/h4-7,10-11,14H,8-9H2,1-3H3/t11-/m0/s1. The first-order valence-corrected chi connectivity index (χ1v) is 7.50. The Morgan fingerprint density at radius 3 is 2.35 bits per heavy atom. The van der Waals surface area contributed by atoms with Gasteiger partial charge in [0.2, 0.25) is 0 Å². The highest BCUT2D eigenvalue weighted by atomic mass is 32.2. The minimum absolute atomic E-state index is 0.139. The van der Waals surface area contributed by atoms with E-state index in [9.17, 15) is 8.42 Å². The second kappa shape index (κ2) is 6.12. The summed E-state index contributed by atoms with van der Waals surface area (Å²) in [6.45, 7) is 5.91. The molecule has 4 nitrogen and oxygen atoms in total. The first-order valence-electron chi connectivity index (χ1n) is 5.78. The summed E-state index contributed by atoms with van der Waals surface area (Å²) in [7, 11) is -2.95. The maximum absolute atomic E-state index is 11.6. The van der Waals surface area contributed by atoms with Gasteiger partial charge in [-0.15, -0.1) is 0 Å². The van der Waals surface area contributed by atoms with Gasteiger partial charge in [-0.2, -0.15) is 0 Å². The van der Waals surface area contributed by atoms with Crippen LogP contribution in [0.4, 0.5) is 0 Å². The second-order valence-corrected chi connectivity index (χ2v) is 7.05. The minimum Gasteiger partial charge on any atom is -0.309 e. The number of nitrogens with zero attached hydrogens (tertiary/aromatic N) is 1. The molecule has 1 aromatic rings. The highest BCUT2D eigenvalue weighted by Gasteiger charge is 2.15. The molecule has 17 heavy (non-hydrogen) atoms. The van der Waals surface area contributed by atoms with E-state index in [-0.39, 0.29) is 17.0 Å². The number of sulfone groups is 1. The molecule has 0 radical (unpaired) electrons. The fourth-order valence-corrected chi connectivity index (χ4v) is 2.30. The van der Waals surface area contributed by atoms with E-state index < -0.39 is 9.84 Å². The van der Waals surface area contributed by atoms with Gasteiger partial charge in [-0.3, -0.25) is 4.98 Å². The molecule has 0 saturated carbocycles. The molecule has 96 valence electrons. The summed E-state index contributed by atoms with van der Waals surface area (Å²) in [5.74, 6) is 0.181. The van der Waals surface area contributed by atoms with Crippen molar-refractivity contribution in [3.8, 4) is 0 Å². The average molecular weight is 256 g/mol. The summed E-state index contributed by atoms with van der Waals surface area (Å²) in [6, 6.07) is 3.99. The normalized spacial score (nSPS) is 13.9. The van der Waals surface area contributed by atoms with Crippen LogP contribution < -0.4 is 5.32 Å². The van der Waals surface area contributed by atoms with Crippen molar-refractivity contribution in [2.75, 3.05) is 12.3 Å². The fraction of sp³-hybridized carbons (Fsp3) is 0.583. The average Bonchev–Trinajstić information content (AvgIpc) is 2.29. The van der Waals surface area contributed by atoms with Crippen LogP contribution >= 0.6 is 0 Å². The molecule has 0 aliphatic heterocycles. The van der Waals surface area contributed by atoms with Crippen molar-refractivity contribution in [1.29, 1.82) is 0 Å². The quantitative estimate of drug-likeness (QED) is 0.839. The van der Waals surface area contributed by atoms with E-state index in [2.05, 4.69) is 10.3 Å². The first-order chi connectivity index (χ1) is 7.93. The van der Waals surface area contributed by atoms with Crippen LogP contribution in [0.3, 0.4) is 0 Å². The van der Waals surface area contributed by atoms with Crippen LogP contribution in [0, 0.1) is 0 Å². The Labute approximate surface area is 103 Å². The molecule has 1 rings (SSSR count). The highest BCUT2D eigenvalue weighted by Crippen LogP contribution is 2.09. The van der Waals surface area contributed by atoms with E-state index in [0.29, 0.717) is 6.54 Å². The van der Waals surface area contributed by atoms with Gasteiger partial charge in [0, 0.05) is 25.0 Å². The predicted molar refractivity (Wildman–Crippen MR) is 69.6 cm³/mol. The van der Waals surface area contributed by atoms with Crippen LogP contribution in [0.1, 0.15) is 32.4 Å². The SMILES string of the molecule is CC(C)S(=O)(=O)CCN[C@@H](C)c1ccncc1. The third-order valence-corrected chi connectivity index (χ3v) is 4.97. The molecule has 1 N–H and O–H groups in total. The zero-order valence-electron chi connectivity index (χ0n) is 10.6. The van der Waals surface area contributed by atoms with E-state index >= 15 is 0 Å². The van der Waals surface area contributed by atoms with Crippen molar-refractivity contribution >= 4 is 9.84 Å². The minimum atomic E-state index is -2.95. The number of hydrogen-bond donors (Lipinski definition) is 1. The van der Waals surface area contributed by atoms with Crippen LogP contribution in [0.25, 0.3) is 0 Å².